The molecule has 0 rings (SSSR count). The number of hydrogen-bond donors (Lipinski definition) is 0. The Bertz CT molecular complexity index is 726. The minimum Gasteiger partial charge on any atom is -0.465 e. The minimum absolute atomic E-state index is 0.0728. The summed E-state index contributed by atoms with van der Waals surface area (Å²) in [7, 11) is 0. The number of carbonyl (C=O) groups excluding carboxylic acids is 2. The summed E-state index contributed by atoms with van der Waals surface area (Å²) in [4.78, 5) is 28.7. The fraction of sp³-hybridized carbons (Fsp3) is 0.959. The largest absolute Gasteiger partial charge is 0.465 e. The Labute approximate surface area is 339 Å². The zero-order valence-corrected chi connectivity index (χ0v) is 37.7. The minimum atomic E-state index is 0.0728. The predicted molar refractivity (Wildman–Crippen MR) is 235 cm³/mol. The van der Waals surface area contributed by atoms with E-state index in [2.05, 4.69) is 46.4 Å². The molecule has 0 saturated carbocycles. The molecule has 322 valence electrons. The van der Waals surface area contributed by atoms with E-state index < -0.39 is 0 Å². The Morgan fingerprint density at radius 1 is 0.370 bits per heavy atom. The number of nitrogens with zero attached hydrogens (tertiary/aromatic N) is 1. The van der Waals surface area contributed by atoms with Crippen molar-refractivity contribution >= 4 is 11.9 Å². The van der Waals surface area contributed by atoms with Gasteiger partial charge in [0.1, 0.15) is 0 Å². The number of esters is 2. The fourth-order valence-electron chi connectivity index (χ4n) is 8.14. The standard InChI is InChI=1S/C49H97NO4/c1-7-13-17-21-23-31-39-45(37-29-19-15-9-3)48(51)53-43-35-27-25-33-41-50(47(11-5)12-6)42-34-26-28-36-44-54-49(52)46(38-30-20-16-10-4)40-32-24-22-18-14-8-2/h45-47H,7-44H2,1-6H3. The molecule has 0 aliphatic carbocycles. The van der Waals surface area contributed by atoms with Gasteiger partial charge in [-0.05, 0) is 77.3 Å². The van der Waals surface area contributed by atoms with Gasteiger partial charge < -0.3 is 14.4 Å². The van der Waals surface area contributed by atoms with Crippen LogP contribution in [0.1, 0.15) is 260 Å². The first-order chi connectivity index (χ1) is 26.5. The molecule has 0 saturated heterocycles. The summed E-state index contributed by atoms with van der Waals surface area (Å²) in [5.41, 5.74) is 0. The third kappa shape index (κ3) is 32.0. The van der Waals surface area contributed by atoms with Crippen LogP contribution in [-0.2, 0) is 19.1 Å². The highest BCUT2D eigenvalue weighted by atomic mass is 16.5. The lowest BCUT2D eigenvalue weighted by Crippen LogP contribution is -2.36. The van der Waals surface area contributed by atoms with Gasteiger partial charge >= 0.3 is 11.9 Å². The molecule has 5 heteroatoms. The maximum atomic E-state index is 13.0. The van der Waals surface area contributed by atoms with Crippen molar-refractivity contribution in [3.05, 3.63) is 0 Å². The molecule has 2 unspecified atom stereocenters. The molecule has 0 fully saturated rings. The number of ether oxygens (including phenoxy) is 2. The molecule has 54 heavy (non-hydrogen) atoms. The first-order valence-corrected chi connectivity index (χ1v) is 24.6. The van der Waals surface area contributed by atoms with Crippen molar-refractivity contribution in [1.29, 1.82) is 0 Å². The Morgan fingerprint density at radius 3 is 0.981 bits per heavy atom. The van der Waals surface area contributed by atoms with Gasteiger partial charge in [-0.2, -0.15) is 0 Å². The molecule has 0 amide bonds. The summed E-state index contributed by atoms with van der Waals surface area (Å²) < 4.78 is 11.7. The van der Waals surface area contributed by atoms with Crippen molar-refractivity contribution in [3.63, 3.8) is 0 Å². The summed E-state index contributed by atoms with van der Waals surface area (Å²) in [6.07, 6.45) is 40.7. The van der Waals surface area contributed by atoms with E-state index in [1.165, 1.54) is 167 Å². The van der Waals surface area contributed by atoms with E-state index in [-0.39, 0.29) is 23.8 Å². The number of unbranched alkanes of at least 4 members (excludes halogenated alkanes) is 22. The Balaban J connectivity index is 4.41. The van der Waals surface area contributed by atoms with Gasteiger partial charge in [0.05, 0.1) is 25.0 Å². The van der Waals surface area contributed by atoms with Gasteiger partial charge in [-0.25, -0.2) is 0 Å². The van der Waals surface area contributed by atoms with E-state index in [0.29, 0.717) is 19.3 Å². The zero-order chi connectivity index (χ0) is 39.7. The van der Waals surface area contributed by atoms with Crippen molar-refractivity contribution in [2.75, 3.05) is 26.3 Å². The molecule has 0 aliphatic rings. The highest BCUT2D eigenvalue weighted by Crippen LogP contribution is 2.22. The quantitative estimate of drug-likeness (QED) is 0.0457. The topological polar surface area (TPSA) is 55.8 Å². The number of hydrogen-bond acceptors (Lipinski definition) is 5. The van der Waals surface area contributed by atoms with Gasteiger partial charge in [0.25, 0.3) is 0 Å². The van der Waals surface area contributed by atoms with Crippen LogP contribution in [0.5, 0.6) is 0 Å². The van der Waals surface area contributed by atoms with Gasteiger partial charge in [-0.1, -0.05) is 196 Å². The molecular formula is C49H97NO4. The maximum Gasteiger partial charge on any atom is 0.308 e. The van der Waals surface area contributed by atoms with Gasteiger partial charge in [0.2, 0.25) is 0 Å². The van der Waals surface area contributed by atoms with Crippen molar-refractivity contribution in [1.82, 2.24) is 4.90 Å². The monoisotopic (exact) mass is 764 g/mol. The molecule has 0 aromatic heterocycles. The molecule has 0 bridgehead atoms. The van der Waals surface area contributed by atoms with Crippen molar-refractivity contribution in [2.24, 2.45) is 11.8 Å². The van der Waals surface area contributed by atoms with E-state index in [1.54, 1.807) is 0 Å². The van der Waals surface area contributed by atoms with Gasteiger partial charge in [-0.15, -0.1) is 0 Å². The molecule has 0 spiro atoms. The van der Waals surface area contributed by atoms with Crippen molar-refractivity contribution in [2.45, 2.75) is 266 Å². The van der Waals surface area contributed by atoms with Crippen LogP contribution >= 0.6 is 0 Å². The van der Waals surface area contributed by atoms with E-state index >= 15 is 0 Å². The SMILES string of the molecule is CCCCCCCCC(CCCCCC)C(=O)OCCCCCCN(CCCCCCOC(=O)C(CCCCCC)CCCCCCCC)C(CC)CC. The second-order valence-electron chi connectivity index (χ2n) is 16.9. The van der Waals surface area contributed by atoms with Gasteiger partial charge in [0, 0.05) is 6.04 Å². The third-order valence-electron chi connectivity index (χ3n) is 11.9. The summed E-state index contributed by atoms with van der Waals surface area (Å²) in [6.45, 7) is 17.2. The van der Waals surface area contributed by atoms with Crippen LogP contribution < -0.4 is 0 Å². The predicted octanol–water partition coefficient (Wildman–Crippen LogP) is 15.4. The molecule has 0 aromatic carbocycles. The first kappa shape index (κ1) is 52.9. The normalized spacial score (nSPS) is 12.8. The smallest absolute Gasteiger partial charge is 0.308 e. The zero-order valence-electron chi connectivity index (χ0n) is 37.7. The molecule has 0 radical (unpaired) electrons. The molecule has 0 N–H and O–H groups in total. The summed E-state index contributed by atoms with van der Waals surface area (Å²) >= 11 is 0. The van der Waals surface area contributed by atoms with Crippen LogP contribution in [0.3, 0.4) is 0 Å². The second kappa shape index (κ2) is 41.5. The third-order valence-corrected chi connectivity index (χ3v) is 11.9. The maximum absolute atomic E-state index is 13.0. The molecule has 2 atom stereocenters. The summed E-state index contributed by atoms with van der Waals surface area (Å²) in [5, 5.41) is 0. The Hall–Kier alpha value is -1.10. The van der Waals surface area contributed by atoms with E-state index in [9.17, 15) is 9.59 Å². The van der Waals surface area contributed by atoms with Crippen molar-refractivity contribution < 1.29 is 19.1 Å². The molecular weight excluding hydrogens is 667 g/mol. The summed E-state index contributed by atoms with van der Waals surface area (Å²) in [6, 6.07) is 0.661. The second-order valence-corrected chi connectivity index (χ2v) is 16.9. The number of rotatable bonds is 43. The Morgan fingerprint density at radius 2 is 0.648 bits per heavy atom. The van der Waals surface area contributed by atoms with Gasteiger partial charge in [-0.3, -0.25) is 9.59 Å². The number of carbonyl (C=O) groups is 2. The average Bonchev–Trinajstić information content (AvgIpc) is 3.18. The molecule has 5 nitrogen and oxygen atoms in total. The van der Waals surface area contributed by atoms with E-state index in [1.807, 2.05) is 0 Å². The lowest BCUT2D eigenvalue weighted by molar-refractivity contribution is -0.150. The fourth-order valence-corrected chi connectivity index (χ4v) is 8.14. The van der Waals surface area contributed by atoms with Crippen LogP contribution in [-0.4, -0.2) is 49.2 Å². The van der Waals surface area contributed by atoms with Crippen LogP contribution in [0.2, 0.25) is 0 Å². The molecule has 0 aliphatic heterocycles. The highest BCUT2D eigenvalue weighted by Gasteiger charge is 2.21. The van der Waals surface area contributed by atoms with Gasteiger partial charge in [0.15, 0.2) is 0 Å². The van der Waals surface area contributed by atoms with Crippen molar-refractivity contribution in [3.8, 4) is 0 Å². The van der Waals surface area contributed by atoms with E-state index in [4.69, 9.17) is 9.47 Å². The lowest BCUT2D eigenvalue weighted by Gasteiger charge is -2.30. The molecule has 0 aromatic rings. The summed E-state index contributed by atoms with van der Waals surface area (Å²) in [5.74, 6) is 0.356. The van der Waals surface area contributed by atoms with Crippen LogP contribution in [0.25, 0.3) is 0 Å². The van der Waals surface area contributed by atoms with E-state index in [0.717, 1.165) is 64.2 Å². The molecule has 0 heterocycles. The lowest BCUT2D eigenvalue weighted by atomic mass is 9.94. The first-order valence-electron chi connectivity index (χ1n) is 24.6. The van der Waals surface area contributed by atoms with Crippen LogP contribution in [0.4, 0.5) is 0 Å². The average molecular weight is 764 g/mol. The van der Waals surface area contributed by atoms with Crippen LogP contribution in [0, 0.1) is 11.8 Å². The van der Waals surface area contributed by atoms with Crippen LogP contribution in [0.15, 0.2) is 0 Å². The Kier molecular flexibility index (Phi) is 40.7. The highest BCUT2D eigenvalue weighted by molar-refractivity contribution is 5.72.